The van der Waals surface area contributed by atoms with Gasteiger partial charge in [-0.15, -0.1) is 0 Å². The Labute approximate surface area is 576 Å². The fourth-order valence-corrected chi connectivity index (χ4v) is 11.1. The van der Waals surface area contributed by atoms with Crippen LogP contribution in [0.2, 0.25) is 0 Å². The van der Waals surface area contributed by atoms with E-state index in [1.54, 1.807) is 0 Å². The SMILES string of the molecule is CC/C=C\C/C=C\C/C=C\C/C=C\CCCCCCC(=O)OCC(COP(=O)(O)OCC(O)COP(=O)(O)OCC(O)COC(=O)CCCCCCCCCCCCC/C=C\C/C=C\C/C=C\C/C=C\CCCCC)OC(=O)CCCCCCC/C=C\C/C=C\CCCCC. The highest BCUT2D eigenvalue weighted by molar-refractivity contribution is 7.47. The first-order chi connectivity index (χ1) is 46.2. The third-order valence-electron chi connectivity index (χ3n) is 15.1. The van der Waals surface area contributed by atoms with Gasteiger partial charge in [0.2, 0.25) is 0 Å². The topological polar surface area (TPSA) is 231 Å². The van der Waals surface area contributed by atoms with Crippen molar-refractivity contribution < 1.29 is 75.8 Å². The van der Waals surface area contributed by atoms with Gasteiger partial charge in [-0.2, -0.15) is 0 Å². The van der Waals surface area contributed by atoms with Crippen molar-refractivity contribution in [2.45, 2.75) is 309 Å². The van der Waals surface area contributed by atoms with Crippen LogP contribution in [0.15, 0.2) is 122 Å². The van der Waals surface area contributed by atoms with Crippen molar-refractivity contribution in [3.8, 4) is 0 Å². The van der Waals surface area contributed by atoms with Crippen molar-refractivity contribution in [2.24, 2.45) is 0 Å². The molecule has 0 spiro atoms. The van der Waals surface area contributed by atoms with Crippen molar-refractivity contribution in [3.05, 3.63) is 122 Å². The lowest BCUT2D eigenvalue weighted by Gasteiger charge is -2.21. The summed E-state index contributed by atoms with van der Waals surface area (Å²) in [7, 11) is -9.80. The molecule has 0 aliphatic rings. The summed E-state index contributed by atoms with van der Waals surface area (Å²) in [5.74, 6) is -1.62. The third kappa shape index (κ3) is 71.1. The number of ether oxygens (including phenoxy) is 3. The van der Waals surface area contributed by atoms with Crippen molar-refractivity contribution in [1.82, 2.24) is 0 Å². The van der Waals surface area contributed by atoms with E-state index in [-0.39, 0.29) is 19.3 Å². The number of hydrogen-bond acceptors (Lipinski definition) is 14. The molecule has 0 saturated heterocycles. The number of hydrogen-bond donors (Lipinski definition) is 4. The van der Waals surface area contributed by atoms with Crippen LogP contribution in [0.3, 0.4) is 0 Å². The van der Waals surface area contributed by atoms with Crippen LogP contribution in [0.4, 0.5) is 0 Å². The Balaban J connectivity index is 4.57. The largest absolute Gasteiger partial charge is 0.472 e. The van der Waals surface area contributed by atoms with E-state index in [2.05, 4.69) is 142 Å². The fraction of sp³-hybridized carbons (Fsp3) is 0.701. The van der Waals surface area contributed by atoms with Gasteiger partial charge in [-0.25, -0.2) is 9.13 Å². The van der Waals surface area contributed by atoms with Crippen LogP contribution in [0.25, 0.3) is 0 Å². The normalized spacial score (nSPS) is 14.8. The molecule has 0 bridgehead atoms. The Morgan fingerprint density at radius 3 is 0.884 bits per heavy atom. The third-order valence-corrected chi connectivity index (χ3v) is 17.0. The lowest BCUT2D eigenvalue weighted by atomic mass is 10.0. The van der Waals surface area contributed by atoms with E-state index < -0.39 is 91.5 Å². The van der Waals surface area contributed by atoms with Crippen LogP contribution >= 0.6 is 15.6 Å². The molecule has 95 heavy (non-hydrogen) atoms. The number of carbonyl (C=O) groups is 3. The van der Waals surface area contributed by atoms with E-state index in [1.165, 1.54) is 89.9 Å². The van der Waals surface area contributed by atoms with Gasteiger partial charge in [0.25, 0.3) is 0 Å². The summed E-state index contributed by atoms with van der Waals surface area (Å²) in [6.45, 7) is 2.46. The van der Waals surface area contributed by atoms with E-state index in [0.717, 1.165) is 141 Å². The number of phosphoric acid groups is 2. The molecule has 4 N–H and O–H groups in total. The highest BCUT2D eigenvalue weighted by atomic mass is 31.2. The van der Waals surface area contributed by atoms with Gasteiger partial charge in [0.1, 0.15) is 25.4 Å². The van der Waals surface area contributed by atoms with E-state index in [1.807, 2.05) is 0 Å². The van der Waals surface area contributed by atoms with Gasteiger partial charge in [-0.05, 0) is 135 Å². The smallest absolute Gasteiger partial charge is 0.463 e. The lowest BCUT2D eigenvalue weighted by Crippen LogP contribution is -2.30. The van der Waals surface area contributed by atoms with Crippen molar-refractivity contribution >= 4 is 33.6 Å². The predicted octanol–water partition coefficient (Wildman–Crippen LogP) is 21.0. The van der Waals surface area contributed by atoms with Crippen LogP contribution in [-0.4, -0.2) is 95.9 Å². The molecular weight excluding hydrogens is 1240 g/mol. The maximum Gasteiger partial charge on any atom is 0.472 e. The van der Waals surface area contributed by atoms with Gasteiger partial charge in [-0.1, -0.05) is 258 Å². The maximum absolute atomic E-state index is 12.9. The average molecular weight is 1380 g/mol. The molecule has 546 valence electrons. The monoisotopic (exact) mass is 1370 g/mol. The maximum atomic E-state index is 12.9. The van der Waals surface area contributed by atoms with Crippen LogP contribution < -0.4 is 0 Å². The summed E-state index contributed by atoms with van der Waals surface area (Å²) in [6.07, 6.45) is 81.0. The number of phosphoric ester groups is 2. The van der Waals surface area contributed by atoms with Gasteiger partial charge >= 0.3 is 33.6 Å². The molecule has 0 aromatic carbocycles. The van der Waals surface area contributed by atoms with E-state index in [4.69, 9.17) is 32.3 Å². The molecule has 0 fully saturated rings. The molecule has 0 aromatic heterocycles. The zero-order chi connectivity index (χ0) is 69.5. The molecule has 5 unspecified atom stereocenters. The second kappa shape index (κ2) is 69.8. The lowest BCUT2D eigenvalue weighted by molar-refractivity contribution is -0.161. The van der Waals surface area contributed by atoms with Crippen molar-refractivity contribution in [2.75, 3.05) is 39.6 Å². The standard InChI is InChI=1S/C77H132O16P2/c1-4-7-10-13-16-19-22-25-28-30-31-32-33-34-35-36-37-38-39-41-44-45-48-51-54-57-60-63-75(80)87-66-72(78)67-89-94(83,84)90-68-73(79)69-91-95(85,86)92-71-74(93-77(82)65-62-59-56-53-50-47-42-27-24-21-18-15-12-9-6-3)70-88-76(81)64-61-58-55-52-49-46-43-40-29-26-23-20-17-14-11-8-5-2/h8,11,16-21,25-29,31-32,34-35,42-43,46,72-74,78-79H,4-7,9-10,12-15,22-24,30,33,36-41,44-45,47-71H2,1-3H3,(H,83,84)(H,85,86)/b11-8-,19-16-,20-17-,21-18-,28-25-,29-26-,32-31-,35-34-,42-27-,46-43-. The molecule has 0 aromatic rings. The first kappa shape index (κ1) is 91.0. The molecule has 0 radical (unpaired) electrons. The number of aliphatic hydroxyl groups is 2. The second-order valence-electron chi connectivity index (χ2n) is 24.4. The number of aliphatic hydroxyl groups excluding tert-OH is 2. The first-order valence-electron chi connectivity index (χ1n) is 36.8. The fourth-order valence-electron chi connectivity index (χ4n) is 9.52. The Hall–Kier alpha value is -4.05. The van der Waals surface area contributed by atoms with Gasteiger partial charge in [0.15, 0.2) is 6.10 Å². The molecule has 5 atom stereocenters. The minimum atomic E-state index is -4.94. The molecule has 0 saturated carbocycles. The summed E-state index contributed by atoms with van der Waals surface area (Å²) in [4.78, 5) is 58.5. The summed E-state index contributed by atoms with van der Waals surface area (Å²) in [5, 5.41) is 20.6. The van der Waals surface area contributed by atoms with Gasteiger partial charge < -0.3 is 34.2 Å². The van der Waals surface area contributed by atoms with Crippen molar-refractivity contribution in [3.63, 3.8) is 0 Å². The van der Waals surface area contributed by atoms with Gasteiger partial charge in [-0.3, -0.25) is 32.5 Å². The number of esters is 3. The minimum Gasteiger partial charge on any atom is -0.463 e. The van der Waals surface area contributed by atoms with E-state index >= 15 is 0 Å². The number of rotatable bonds is 69. The minimum absolute atomic E-state index is 0.0804. The van der Waals surface area contributed by atoms with Crippen LogP contribution in [0.5, 0.6) is 0 Å². The molecule has 0 amide bonds. The van der Waals surface area contributed by atoms with Gasteiger partial charge in [0, 0.05) is 19.3 Å². The number of unbranched alkanes of at least 4 members (excludes halogenated alkanes) is 26. The molecule has 0 rings (SSSR count). The van der Waals surface area contributed by atoms with E-state index in [9.17, 15) is 43.5 Å². The summed E-state index contributed by atoms with van der Waals surface area (Å²) in [5.41, 5.74) is 0. The van der Waals surface area contributed by atoms with Gasteiger partial charge in [0.05, 0.1) is 26.4 Å². The van der Waals surface area contributed by atoms with Crippen molar-refractivity contribution in [1.29, 1.82) is 0 Å². The number of carbonyl (C=O) groups excluding carboxylic acids is 3. The Kier molecular flexibility index (Phi) is 66.9. The summed E-state index contributed by atoms with van der Waals surface area (Å²) >= 11 is 0. The second-order valence-corrected chi connectivity index (χ2v) is 27.3. The Morgan fingerprint density at radius 2 is 0.558 bits per heavy atom. The summed E-state index contributed by atoms with van der Waals surface area (Å²) in [6, 6.07) is 0. The van der Waals surface area contributed by atoms with Crippen LogP contribution in [0.1, 0.15) is 290 Å². The molecule has 0 heterocycles. The highest BCUT2D eigenvalue weighted by Crippen LogP contribution is 2.45. The molecule has 0 aliphatic carbocycles. The summed E-state index contributed by atoms with van der Waals surface area (Å²) < 4.78 is 61.0. The number of allylic oxidation sites excluding steroid dienone is 20. The van der Waals surface area contributed by atoms with Crippen LogP contribution in [-0.2, 0) is 55.8 Å². The molecule has 18 heteroatoms. The molecule has 16 nitrogen and oxygen atoms in total. The van der Waals surface area contributed by atoms with E-state index in [0.29, 0.717) is 19.3 Å². The highest BCUT2D eigenvalue weighted by Gasteiger charge is 2.29. The zero-order valence-corrected chi connectivity index (χ0v) is 61.1. The Morgan fingerprint density at radius 1 is 0.305 bits per heavy atom. The zero-order valence-electron chi connectivity index (χ0n) is 59.3. The quantitative estimate of drug-likeness (QED) is 0.0146. The predicted molar refractivity (Wildman–Crippen MR) is 390 cm³/mol. The first-order valence-corrected chi connectivity index (χ1v) is 39.8. The average Bonchev–Trinajstić information content (AvgIpc) is 2.44. The Bertz CT molecular complexity index is 2210. The van der Waals surface area contributed by atoms with Crippen LogP contribution in [0, 0.1) is 0 Å². The molecule has 0 aliphatic heterocycles. The molecular formula is C77H132O16P2.